The van der Waals surface area contributed by atoms with Crippen molar-refractivity contribution in [3.63, 3.8) is 0 Å². The van der Waals surface area contributed by atoms with Gasteiger partial charge in [-0.2, -0.15) is 5.26 Å². The van der Waals surface area contributed by atoms with Crippen molar-refractivity contribution in [3.8, 4) is 6.07 Å². The molecule has 0 atom stereocenters. The average Bonchev–Trinajstić information content (AvgIpc) is 2.53. The molecule has 3 aromatic rings. The minimum absolute atomic E-state index is 0.568. The summed E-state index contributed by atoms with van der Waals surface area (Å²) in [4.78, 5) is 4.54. The Hall–Kier alpha value is -2.63. The minimum atomic E-state index is 0.568. The van der Waals surface area contributed by atoms with Crippen LogP contribution < -0.4 is 0 Å². The first-order valence-corrected chi connectivity index (χ1v) is 6.87. The zero-order valence-corrected chi connectivity index (χ0v) is 11.9. The number of fused-ring (bicyclic) bond motifs is 1. The van der Waals surface area contributed by atoms with E-state index in [2.05, 4.69) is 11.1 Å². The maximum atomic E-state index is 9.27. The average molecular weight is 291 g/mol. The second kappa shape index (κ2) is 5.78. The fourth-order valence-electron chi connectivity index (χ4n) is 2.10. The standard InChI is InChI=1S/C18H11ClN2/c19-16-8-5-13(6-9-16)7-10-18-15(12-20)11-14-3-1-2-4-17(14)21-18/h1-11H/b10-7+. The lowest BCUT2D eigenvalue weighted by molar-refractivity contribution is 1.34. The second-order valence-corrected chi connectivity index (χ2v) is 5.05. The van der Waals surface area contributed by atoms with Crippen molar-refractivity contribution in [1.82, 2.24) is 4.98 Å². The molecule has 0 saturated carbocycles. The highest BCUT2D eigenvalue weighted by Crippen LogP contribution is 2.18. The number of pyridine rings is 1. The number of halogens is 1. The quantitative estimate of drug-likeness (QED) is 0.671. The van der Waals surface area contributed by atoms with Crippen LogP contribution >= 0.6 is 11.6 Å². The minimum Gasteiger partial charge on any atom is -0.247 e. The summed E-state index contributed by atoms with van der Waals surface area (Å²) in [6, 6.07) is 19.3. The molecule has 3 rings (SSSR count). The molecule has 1 heterocycles. The van der Waals surface area contributed by atoms with E-state index in [-0.39, 0.29) is 0 Å². The van der Waals surface area contributed by atoms with Gasteiger partial charge in [0.2, 0.25) is 0 Å². The Morgan fingerprint density at radius 2 is 1.76 bits per heavy atom. The van der Waals surface area contributed by atoms with Gasteiger partial charge in [-0.1, -0.05) is 48.0 Å². The Bertz CT molecular complexity index is 859. The van der Waals surface area contributed by atoms with Gasteiger partial charge in [0.05, 0.1) is 16.8 Å². The molecule has 2 nitrogen and oxygen atoms in total. The van der Waals surface area contributed by atoms with Crippen molar-refractivity contribution < 1.29 is 0 Å². The zero-order chi connectivity index (χ0) is 14.7. The van der Waals surface area contributed by atoms with E-state index >= 15 is 0 Å². The van der Waals surface area contributed by atoms with Crippen LogP contribution in [0.15, 0.2) is 54.6 Å². The molecule has 0 aliphatic carbocycles. The number of para-hydroxylation sites is 1. The smallest absolute Gasteiger partial charge is 0.101 e. The Morgan fingerprint density at radius 1 is 1.00 bits per heavy atom. The molecule has 0 aliphatic heterocycles. The van der Waals surface area contributed by atoms with Gasteiger partial charge >= 0.3 is 0 Å². The van der Waals surface area contributed by atoms with Gasteiger partial charge in [0.1, 0.15) is 6.07 Å². The highest BCUT2D eigenvalue weighted by molar-refractivity contribution is 6.30. The fraction of sp³-hybridized carbons (Fsp3) is 0. The summed E-state index contributed by atoms with van der Waals surface area (Å²) < 4.78 is 0. The summed E-state index contributed by atoms with van der Waals surface area (Å²) in [5.41, 5.74) is 3.13. The van der Waals surface area contributed by atoms with Crippen molar-refractivity contribution in [2.75, 3.05) is 0 Å². The van der Waals surface area contributed by atoms with Crippen LogP contribution in [-0.2, 0) is 0 Å². The van der Waals surface area contributed by atoms with Crippen molar-refractivity contribution >= 4 is 34.7 Å². The topological polar surface area (TPSA) is 36.7 Å². The molecule has 1 aromatic heterocycles. The first kappa shape index (κ1) is 13.4. The van der Waals surface area contributed by atoms with Crippen LogP contribution in [0.5, 0.6) is 0 Å². The first-order valence-electron chi connectivity index (χ1n) is 6.50. The molecule has 0 fully saturated rings. The van der Waals surface area contributed by atoms with Crippen LogP contribution in [0.2, 0.25) is 5.02 Å². The Morgan fingerprint density at radius 3 is 2.52 bits per heavy atom. The van der Waals surface area contributed by atoms with E-state index < -0.39 is 0 Å². The van der Waals surface area contributed by atoms with Gasteiger partial charge < -0.3 is 0 Å². The Balaban J connectivity index is 2.03. The highest BCUT2D eigenvalue weighted by atomic mass is 35.5. The molecule has 0 N–H and O–H groups in total. The number of hydrogen-bond donors (Lipinski definition) is 0. The maximum Gasteiger partial charge on any atom is 0.101 e. The van der Waals surface area contributed by atoms with Crippen molar-refractivity contribution in [3.05, 3.63) is 76.4 Å². The molecular formula is C18H11ClN2. The predicted octanol–water partition coefficient (Wildman–Crippen LogP) is 4.93. The van der Waals surface area contributed by atoms with Gasteiger partial charge in [0, 0.05) is 10.4 Å². The molecule has 21 heavy (non-hydrogen) atoms. The van der Waals surface area contributed by atoms with Crippen LogP contribution in [0.25, 0.3) is 23.1 Å². The highest BCUT2D eigenvalue weighted by Gasteiger charge is 2.03. The van der Waals surface area contributed by atoms with Gasteiger partial charge in [0.25, 0.3) is 0 Å². The van der Waals surface area contributed by atoms with E-state index in [1.54, 1.807) is 0 Å². The van der Waals surface area contributed by atoms with Gasteiger partial charge in [-0.3, -0.25) is 0 Å². The van der Waals surface area contributed by atoms with E-state index in [9.17, 15) is 5.26 Å². The lowest BCUT2D eigenvalue weighted by Crippen LogP contribution is -1.89. The van der Waals surface area contributed by atoms with E-state index in [0.717, 1.165) is 16.5 Å². The fourth-order valence-corrected chi connectivity index (χ4v) is 2.22. The van der Waals surface area contributed by atoms with E-state index in [1.165, 1.54) is 0 Å². The molecule has 0 saturated heterocycles. The zero-order valence-electron chi connectivity index (χ0n) is 11.1. The van der Waals surface area contributed by atoms with Crippen LogP contribution in [0.3, 0.4) is 0 Å². The van der Waals surface area contributed by atoms with E-state index in [1.807, 2.05) is 66.7 Å². The lowest BCUT2D eigenvalue weighted by Gasteiger charge is -2.02. The van der Waals surface area contributed by atoms with E-state index in [4.69, 9.17) is 11.6 Å². The van der Waals surface area contributed by atoms with Crippen LogP contribution in [-0.4, -0.2) is 4.98 Å². The summed E-state index contributed by atoms with van der Waals surface area (Å²) in [5.74, 6) is 0. The van der Waals surface area contributed by atoms with Crippen molar-refractivity contribution in [2.24, 2.45) is 0 Å². The summed E-state index contributed by atoms with van der Waals surface area (Å²) in [7, 11) is 0. The van der Waals surface area contributed by atoms with E-state index in [0.29, 0.717) is 16.3 Å². The molecular weight excluding hydrogens is 280 g/mol. The lowest BCUT2D eigenvalue weighted by atomic mass is 10.1. The third-order valence-electron chi connectivity index (χ3n) is 3.18. The molecule has 3 heteroatoms. The second-order valence-electron chi connectivity index (χ2n) is 4.61. The number of nitriles is 1. The molecule has 0 aliphatic rings. The Kier molecular flexibility index (Phi) is 3.68. The molecule has 0 unspecified atom stereocenters. The van der Waals surface area contributed by atoms with Gasteiger partial charge in [-0.25, -0.2) is 4.98 Å². The summed E-state index contributed by atoms with van der Waals surface area (Å²) in [6.07, 6.45) is 3.78. The number of hydrogen-bond acceptors (Lipinski definition) is 2. The van der Waals surface area contributed by atoms with Gasteiger partial charge in [-0.05, 0) is 35.9 Å². The first-order chi connectivity index (χ1) is 10.3. The summed E-state index contributed by atoms with van der Waals surface area (Å²) >= 11 is 5.86. The largest absolute Gasteiger partial charge is 0.247 e. The predicted molar refractivity (Wildman–Crippen MR) is 86.8 cm³/mol. The number of rotatable bonds is 2. The van der Waals surface area contributed by atoms with Crippen LogP contribution in [0.1, 0.15) is 16.8 Å². The maximum absolute atomic E-state index is 9.27. The molecule has 2 aromatic carbocycles. The van der Waals surface area contributed by atoms with Crippen molar-refractivity contribution in [2.45, 2.75) is 0 Å². The SMILES string of the molecule is N#Cc1cc2ccccc2nc1/C=C/c1ccc(Cl)cc1. The van der Waals surface area contributed by atoms with Crippen LogP contribution in [0, 0.1) is 11.3 Å². The molecule has 100 valence electrons. The number of benzene rings is 2. The monoisotopic (exact) mass is 290 g/mol. The molecule has 0 radical (unpaired) electrons. The third kappa shape index (κ3) is 2.94. The summed E-state index contributed by atoms with van der Waals surface area (Å²) in [5, 5.41) is 10.9. The number of nitrogens with zero attached hydrogens (tertiary/aromatic N) is 2. The number of aromatic nitrogens is 1. The Labute approximate surface area is 127 Å². The van der Waals surface area contributed by atoms with Crippen LogP contribution in [0.4, 0.5) is 0 Å². The molecule has 0 spiro atoms. The van der Waals surface area contributed by atoms with Crippen molar-refractivity contribution in [1.29, 1.82) is 5.26 Å². The third-order valence-corrected chi connectivity index (χ3v) is 3.43. The molecule has 0 bridgehead atoms. The van der Waals surface area contributed by atoms with Gasteiger partial charge in [0.15, 0.2) is 0 Å². The normalized spacial score (nSPS) is 10.9. The van der Waals surface area contributed by atoms with Gasteiger partial charge in [-0.15, -0.1) is 0 Å². The summed E-state index contributed by atoms with van der Waals surface area (Å²) in [6.45, 7) is 0. The molecule has 0 amide bonds.